The van der Waals surface area contributed by atoms with Crippen LogP contribution in [0.4, 0.5) is 18.9 Å². The lowest BCUT2D eigenvalue weighted by molar-refractivity contribution is 0.107. The lowest BCUT2D eigenvalue weighted by Gasteiger charge is -2.05. The van der Waals surface area contributed by atoms with Gasteiger partial charge in [-0.05, 0) is 11.6 Å². The van der Waals surface area contributed by atoms with E-state index >= 15 is 0 Å². The van der Waals surface area contributed by atoms with Crippen LogP contribution in [-0.2, 0) is 0 Å². The topological polar surface area (TPSA) is 56.0 Å². The number of nitrogens with two attached hydrogens (primary N) is 1. The second kappa shape index (κ2) is 3.83. The molecule has 1 aromatic heterocycles. The van der Waals surface area contributed by atoms with Gasteiger partial charge < -0.3 is 5.73 Å². The van der Waals surface area contributed by atoms with Crippen LogP contribution in [0.5, 0.6) is 0 Å². The third kappa shape index (κ3) is 1.95. The first-order valence-electron chi connectivity index (χ1n) is 3.37. The number of anilines is 1. The Hall–Kier alpha value is -1.30. The lowest BCUT2D eigenvalue weighted by Crippen LogP contribution is -2.06. The molecule has 0 spiro atoms. The minimum atomic E-state index is -3.06. The molecule has 0 atom stereocenters. The minimum Gasteiger partial charge on any atom is -0.395 e. The summed E-state index contributed by atoms with van der Waals surface area (Å²) in [6.45, 7) is 0. The van der Waals surface area contributed by atoms with E-state index in [2.05, 4.69) is 4.98 Å². The van der Waals surface area contributed by atoms with Crippen molar-refractivity contribution >= 4 is 22.5 Å². The van der Waals surface area contributed by atoms with Crippen molar-refractivity contribution in [2.45, 2.75) is 6.43 Å². The number of halogens is 4. The Bertz CT molecular complexity index is 383. The molecule has 0 aliphatic rings. The summed E-state index contributed by atoms with van der Waals surface area (Å²) in [6.07, 6.45) is -3.06. The van der Waals surface area contributed by atoms with Gasteiger partial charge in [0.2, 0.25) is 0 Å². The van der Waals surface area contributed by atoms with Gasteiger partial charge in [0.1, 0.15) is 11.4 Å². The molecule has 0 unspecified atom stereocenters. The van der Waals surface area contributed by atoms with Gasteiger partial charge in [0, 0.05) is 6.07 Å². The zero-order valence-corrected chi connectivity index (χ0v) is 7.36. The van der Waals surface area contributed by atoms with Gasteiger partial charge in [-0.25, -0.2) is 18.2 Å². The predicted octanol–water partition coefficient (Wildman–Crippen LogP) is 2.12. The molecule has 0 amide bonds. The first-order valence-corrected chi connectivity index (χ1v) is 3.75. The highest BCUT2D eigenvalue weighted by molar-refractivity contribution is 6.67. The molecule has 1 aromatic rings. The van der Waals surface area contributed by atoms with Gasteiger partial charge in [-0.3, -0.25) is 4.79 Å². The standard InChI is InChI=1S/C7H4ClF3N2O/c8-6(14)3-1-2(9)4(12)5(13-3)7(10)11/h1,7H,12H2. The van der Waals surface area contributed by atoms with Crippen LogP contribution < -0.4 is 5.73 Å². The number of alkyl halides is 2. The van der Waals surface area contributed by atoms with E-state index in [-0.39, 0.29) is 0 Å². The number of nitrogens with zero attached hydrogens (tertiary/aromatic N) is 1. The molecule has 0 bridgehead atoms. The number of hydrogen-bond acceptors (Lipinski definition) is 3. The number of hydrogen-bond donors (Lipinski definition) is 1. The van der Waals surface area contributed by atoms with E-state index in [4.69, 9.17) is 17.3 Å². The summed E-state index contributed by atoms with van der Waals surface area (Å²) in [6, 6.07) is 0.608. The molecule has 0 saturated carbocycles. The molecule has 2 N–H and O–H groups in total. The van der Waals surface area contributed by atoms with E-state index in [0.29, 0.717) is 6.07 Å². The number of aromatic nitrogens is 1. The van der Waals surface area contributed by atoms with Gasteiger partial charge in [-0.1, -0.05) is 0 Å². The zero-order valence-electron chi connectivity index (χ0n) is 6.60. The average Bonchev–Trinajstić information content (AvgIpc) is 2.08. The molecule has 3 nitrogen and oxygen atoms in total. The Morgan fingerprint density at radius 2 is 2.14 bits per heavy atom. The van der Waals surface area contributed by atoms with Gasteiger partial charge in [0.05, 0.1) is 5.69 Å². The van der Waals surface area contributed by atoms with Crippen LogP contribution in [0.15, 0.2) is 6.07 Å². The molecule has 0 aliphatic carbocycles. The molecule has 7 heteroatoms. The number of nitrogen functional groups attached to an aromatic ring is 1. The van der Waals surface area contributed by atoms with Gasteiger partial charge in [0.25, 0.3) is 11.7 Å². The Labute approximate surface area is 81.7 Å². The molecule has 14 heavy (non-hydrogen) atoms. The van der Waals surface area contributed by atoms with Crippen molar-refractivity contribution in [2.75, 3.05) is 5.73 Å². The normalized spacial score (nSPS) is 10.6. The van der Waals surface area contributed by atoms with Crippen molar-refractivity contribution in [3.05, 3.63) is 23.3 Å². The van der Waals surface area contributed by atoms with Crippen LogP contribution in [0.3, 0.4) is 0 Å². The van der Waals surface area contributed by atoms with E-state index in [0.717, 1.165) is 0 Å². The highest BCUT2D eigenvalue weighted by Gasteiger charge is 2.19. The fourth-order valence-electron chi connectivity index (χ4n) is 0.809. The summed E-state index contributed by atoms with van der Waals surface area (Å²) in [5.74, 6) is -1.14. The first-order chi connectivity index (χ1) is 6.43. The van der Waals surface area contributed by atoms with Crippen molar-refractivity contribution < 1.29 is 18.0 Å². The maximum Gasteiger partial charge on any atom is 0.282 e. The van der Waals surface area contributed by atoms with Crippen molar-refractivity contribution in [3.8, 4) is 0 Å². The number of pyridine rings is 1. The van der Waals surface area contributed by atoms with Crippen LogP contribution in [0, 0.1) is 5.82 Å². The van der Waals surface area contributed by atoms with Gasteiger partial charge >= 0.3 is 0 Å². The second-order valence-electron chi connectivity index (χ2n) is 2.36. The molecular weight excluding hydrogens is 221 g/mol. The quantitative estimate of drug-likeness (QED) is 0.783. The van der Waals surface area contributed by atoms with Crippen molar-refractivity contribution in [3.63, 3.8) is 0 Å². The maximum atomic E-state index is 12.9. The first kappa shape index (κ1) is 10.8. The van der Waals surface area contributed by atoms with Crippen LogP contribution in [0.1, 0.15) is 22.6 Å². The van der Waals surface area contributed by atoms with Gasteiger partial charge in [-0.15, -0.1) is 0 Å². The van der Waals surface area contributed by atoms with E-state index in [9.17, 15) is 18.0 Å². The van der Waals surface area contributed by atoms with Crippen LogP contribution in [-0.4, -0.2) is 10.2 Å². The SMILES string of the molecule is Nc1c(F)cc(C(=O)Cl)nc1C(F)F. The summed E-state index contributed by atoms with van der Waals surface area (Å²) in [4.78, 5) is 13.7. The number of rotatable bonds is 2. The average molecular weight is 225 g/mol. The van der Waals surface area contributed by atoms with Crippen LogP contribution in [0.25, 0.3) is 0 Å². The van der Waals surface area contributed by atoms with E-state index in [1.54, 1.807) is 0 Å². The van der Waals surface area contributed by atoms with Crippen LogP contribution in [0.2, 0.25) is 0 Å². The second-order valence-corrected chi connectivity index (χ2v) is 2.71. The molecule has 1 heterocycles. The highest BCUT2D eigenvalue weighted by Crippen LogP contribution is 2.25. The Kier molecular flexibility index (Phi) is 2.95. The minimum absolute atomic E-state index is 0.589. The Balaban J connectivity index is 3.35. The molecule has 0 aliphatic heterocycles. The Morgan fingerprint density at radius 1 is 1.57 bits per heavy atom. The zero-order chi connectivity index (χ0) is 10.9. The lowest BCUT2D eigenvalue weighted by atomic mass is 10.2. The summed E-state index contributed by atoms with van der Waals surface area (Å²) in [5.41, 5.74) is 2.64. The molecule has 0 radical (unpaired) electrons. The van der Waals surface area contributed by atoms with E-state index in [1.165, 1.54) is 0 Å². The smallest absolute Gasteiger partial charge is 0.282 e. The third-order valence-electron chi connectivity index (χ3n) is 1.45. The van der Waals surface area contributed by atoms with E-state index in [1.807, 2.05) is 0 Å². The van der Waals surface area contributed by atoms with Gasteiger partial charge in [-0.2, -0.15) is 0 Å². The highest BCUT2D eigenvalue weighted by atomic mass is 35.5. The number of carbonyl (C=O) groups is 1. The summed E-state index contributed by atoms with van der Waals surface area (Å²) < 4.78 is 37.2. The van der Waals surface area contributed by atoms with Crippen molar-refractivity contribution in [2.24, 2.45) is 0 Å². The monoisotopic (exact) mass is 224 g/mol. The molecule has 0 fully saturated rings. The predicted molar refractivity (Wildman–Crippen MR) is 43.7 cm³/mol. The Morgan fingerprint density at radius 3 is 2.57 bits per heavy atom. The third-order valence-corrected chi connectivity index (χ3v) is 1.64. The van der Waals surface area contributed by atoms with Gasteiger partial charge in [0.15, 0.2) is 5.82 Å². The summed E-state index contributed by atoms with van der Waals surface area (Å²) in [7, 11) is 0. The largest absolute Gasteiger partial charge is 0.395 e. The van der Waals surface area contributed by atoms with Crippen LogP contribution >= 0.6 is 11.6 Å². The molecule has 0 saturated heterocycles. The van der Waals surface area contributed by atoms with Crippen molar-refractivity contribution in [1.29, 1.82) is 0 Å². The molecule has 0 aromatic carbocycles. The maximum absolute atomic E-state index is 12.9. The molecular formula is C7H4ClF3N2O. The number of carbonyl (C=O) groups excluding carboxylic acids is 1. The fraction of sp³-hybridized carbons (Fsp3) is 0.143. The summed E-state index contributed by atoms with van der Waals surface area (Å²) >= 11 is 4.95. The fourth-order valence-corrected chi connectivity index (χ4v) is 0.906. The molecule has 76 valence electrons. The van der Waals surface area contributed by atoms with E-state index < -0.39 is 34.6 Å². The molecule has 1 rings (SSSR count). The summed E-state index contributed by atoms with van der Waals surface area (Å²) in [5, 5.41) is -1.12. The van der Waals surface area contributed by atoms with Crippen molar-refractivity contribution in [1.82, 2.24) is 4.98 Å².